The number of alkyl halides is 3. The van der Waals surface area contributed by atoms with E-state index in [1.807, 2.05) is 11.9 Å². The number of anilines is 1. The highest BCUT2D eigenvalue weighted by Gasteiger charge is 2.32. The van der Waals surface area contributed by atoms with Crippen LogP contribution in [-0.2, 0) is 22.3 Å². The van der Waals surface area contributed by atoms with Gasteiger partial charge in [-0.25, -0.2) is 0 Å². The van der Waals surface area contributed by atoms with Crippen molar-refractivity contribution in [1.82, 2.24) is 20.4 Å². The number of halogens is 3. The molecular formula is C18H20F3N5O3. The Morgan fingerprint density at radius 1 is 1.34 bits per heavy atom. The van der Waals surface area contributed by atoms with Crippen LogP contribution in [0.5, 0.6) is 0 Å². The van der Waals surface area contributed by atoms with Crippen molar-refractivity contribution in [2.45, 2.75) is 18.8 Å². The van der Waals surface area contributed by atoms with Crippen molar-refractivity contribution in [2.75, 3.05) is 32.1 Å². The summed E-state index contributed by atoms with van der Waals surface area (Å²) in [5.41, 5.74) is -0.800. The van der Waals surface area contributed by atoms with Gasteiger partial charge in [0.2, 0.25) is 0 Å². The van der Waals surface area contributed by atoms with E-state index in [-0.39, 0.29) is 17.8 Å². The van der Waals surface area contributed by atoms with E-state index in [2.05, 4.69) is 20.8 Å². The minimum absolute atomic E-state index is 0.0685. The van der Waals surface area contributed by atoms with Gasteiger partial charge >= 0.3 is 6.18 Å². The van der Waals surface area contributed by atoms with Crippen LogP contribution in [0.1, 0.15) is 21.6 Å². The minimum Gasteiger partial charge on any atom is -0.366 e. The second kappa shape index (κ2) is 8.62. The van der Waals surface area contributed by atoms with Crippen LogP contribution in [0, 0.1) is 0 Å². The maximum absolute atomic E-state index is 13.3. The number of aromatic nitrogens is 2. The summed E-state index contributed by atoms with van der Waals surface area (Å²) in [6, 6.07) is 4.35. The third-order valence-corrected chi connectivity index (χ3v) is 4.35. The fourth-order valence-corrected chi connectivity index (χ4v) is 2.81. The van der Waals surface area contributed by atoms with Gasteiger partial charge in [0.25, 0.3) is 11.8 Å². The molecule has 2 amide bonds. The van der Waals surface area contributed by atoms with E-state index < -0.39 is 29.7 Å². The standard InChI is InChI=1S/C18H20F3N5O3/c1-26-4-5-29-15(10-26)17(28)24-14-7-11(6-12(8-14)18(19,20)21)16(27)22-9-13-2-3-23-25-13/h2-3,6-8,15H,4-5,9-10H2,1H3,(H,22,27)(H,23,25)(H,24,28). The molecule has 1 saturated heterocycles. The summed E-state index contributed by atoms with van der Waals surface area (Å²) in [6.45, 7) is 1.40. The van der Waals surface area contributed by atoms with Crippen LogP contribution >= 0.6 is 0 Å². The number of ether oxygens (including phenoxy) is 1. The van der Waals surface area contributed by atoms with Crippen LogP contribution in [0.3, 0.4) is 0 Å². The molecule has 1 aliphatic heterocycles. The van der Waals surface area contributed by atoms with E-state index in [0.717, 1.165) is 12.1 Å². The van der Waals surface area contributed by atoms with E-state index in [0.29, 0.717) is 25.4 Å². The molecule has 0 spiro atoms. The minimum atomic E-state index is -4.68. The molecule has 156 valence electrons. The zero-order chi connectivity index (χ0) is 21.0. The summed E-state index contributed by atoms with van der Waals surface area (Å²) in [5.74, 6) is -1.28. The van der Waals surface area contributed by atoms with E-state index >= 15 is 0 Å². The molecule has 11 heteroatoms. The summed E-state index contributed by atoms with van der Waals surface area (Å²) >= 11 is 0. The fourth-order valence-electron chi connectivity index (χ4n) is 2.81. The number of rotatable bonds is 5. The zero-order valence-corrected chi connectivity index (χ0v) is 15.5. The Labute approximate surface area is 164 Å². The topological polar surface area (TPSA) is 99.3 Å². The van der Waals surface area contributed by atoms with Crippen molar-refractivity contribution in [3.63, 3.8) is 0 Å². The maximum atomic E-state index is 13.3. The lowest BCUT2D eigenvalue weighted by atomic mass is 10.1. The summed E-state index contributed by atoms with van der Waals surface area (Å²) in [6.07, 6.45) is -3.99. The molecular weight excluding hydrogens is 391 g/mol. The molecule has 8 nitrogen and oxygen atoms in total. The Bertz CT molecular complexity index is 870. The first kappa shape index (κ1) is 20.8. The van der Waals surface area contributed by atoms with E-state index in [9.17, 15) is 22.8 Å². The quantitative estimate of drug-likeness (QED) is 0.695. The number of nitrogens with zero attached hydrogens (tertiary/aromatic N) is 2. The number of likely N-dealkylation sites (N-methyl/N-ethyl adjacent to an activating group) is 1. The molecule has 0 bridgehead atoms. The van der Waals surface area contributed by atoms with E-state index in [1.165, 1.54) is 12.3 Å². The van der Waals surface area contributed by atoms with Crippen LogP contribution in [0.25, 0.3) is 0 Å². The number of nitrogens with one attached hydrogen (secondary N) is 3. The van der Waals surface area contributed by atoms with Crippen LogP contribution in [0.15, 0.2) is 30.5 Å². The van der Waals surface area contributed by atoms with Crippen molar-refractivity contribution in [3.05, 3.63) is 47.3 Å². The highest BCUT2D eigenvalue weighted by atomic mass is 19.4. The lowest BCUT2D eigenvalue weighted by Crippen LogP contribution is -2.46. The third kappa shape index (κ3) is 5.55. The van der Waals surface area contributed by atoms with Crippen LogP contribution in [0.2, 0.25) is 0 Å². The first-order valence-electron chi connectivity index (χ1n) is 8.82. The van der Waals surface area contributed by atoms with Crippen molar-refractivity contribution in [3.8, 4) is 0 Å². The molecule has 2 heterocycles. The molecule has 1 fully saturated rings. The first-order chi connectivity index (χ1) is 13.7. The van der Waals surface area contributed by atoms with Crippen molar-refractivity contribution >= 4 is 17.5 Å². The van der Waals surface area contributed by atoms with Gasteiger partial charge in [-0.15, -0.1) is 0 Å². The van der Waals surface area contributed by atoms with Crippen molar-refractivity contribution < 1.29 is 27.5 Å². The SMILES string of the molecule is CN1CCOC(C(=O)Nc2cc(C(=O)NCc3ccn[nH]3)cc(C(F)(F)F)c2)C1. The van der Waals surface area contributed by atoms with Crippen LogP contribution in [0.4, 0.5) is 18.9 Å². The van der Waals surface area contributed by atoms with E-state index in [4.69, 9.17) is 4.74 Å². The summed E-state index contributed by atoms with van der Waals surface area (Å²) in [5, 5.41) is 11.3. The molecule has 0 saturated carbocycles. The van der Waals surface area contributed by atoms with Gasteiger partial charge in [-0.1, -0.05) is 0 Å². The summed E-state index contributed by atoms with van der Waals surface area (Å²) in [4.78, 5) is 26.6. The predicted octanol–water partition coefficient (Wildman–Crippen LogP) is 1.63. The molecule has 1 aromatic carbocycles. The smallest absolute Gasteiger partial charge is 0.366 e. The highest BCUT2D eigenvalue weighted by molar-refractivity contribution is 5.98. The number of amides is 2. The number of benzene rings is 1. The average molecular weight is 411 g/mol. The number of morpholine rings is 1. The van der Waals surface area contributed by atoms with Gasteiger partial charge in [0.15, 0.2) is 0 Å². The molecule has 1 aliphatic rings. The Kier molecular flexibility index (Phi) is 6.18. The summed E-state index contributed by atoms with van der Waals surface area (Å²) < 4.78 is 45.2. The largest absolute Gasteiger partial charge is 0.416 e. The molecule has 29 heavy (non-hydrogen) atoms. The number of hydrogen-bond acceptors (Lipinski definition) is 5. The second-order valence-electron chi connectivity index (χ2n) is 6.67. The number of aromatic amines is 1. The Morgan fingerprint density at radius 3 is 2.79 bits per heavy atom. The lowest BCUT2D eigenvalue weighted by molar-refractivity contribution is -0.137. The third-order valence-electron chi connectivity index (χ3n) is 4.35. The fraction of sp³-hybridized carbons (Fsp3) is 0.389. The molecule has 0 aliphatic carbocycles. The van der Waals surface area contributed by atoms with Crippen LogP contribution in [-0.4, -0.2) is 59.8 Å². The first-order valence-corrected chi connectivity index (χ1v) is 8.82. The van der Waals surface area contributed by atoms with Crippen molar-refractivity contribution in [2.24, 2.45) is 0 Å². The molecule has 1 aromatic heterocycles. The summed E-state index contributed by atoms with van der Waals surface area (Å²) in [7, 11) is 1.81. The normalized spacial score (nSPS) is 17.7. The van der Waals surface area contributed by atoms with Gasteiger partial charge in [-0.3, -0.25) is 14.7 Å². The van der Waals surface area contributed by atoms with Gasteiger partial charge in [0.1, 0.15) is 6.10 Å². The molecule has 3 rings (SSSR count). The predicted molar refractivity (Wildman–Crippen MR) is 97.1 cm³/mol. The maximum Gasteiger partial charge on any atom is 0.416 e. The second-order valence-corrected chi connectivity index (χ2v) is 6.67. The zero-order valence-electron chi connectivity index (χ0n) is 15.5. The molecule has 2 aromatic rings. The molecule has 3 N–H and O–H groups in total. The Morgan fingerprint density at radius 2 is 2.14 bits per heavy atom. The molecule has 1 atom stereocenters. The number of carbonyl (C=O) groups is 2. The lowest BCUT2D eigenvalue weighted by Gasteiger charge is -2.29. The monoisotopic (exact) mass is 411 g/mol. The number of hydrogen-bond donors (Lipinski definition) is 3. The van der Waals surface area contributed by atoms with Gasteiger partial charge in [0.05, 0.1) is 24.4 Å². The van der Waals surface area contributed by atoms with Gasteiger partial charge < -0.3 is 20.3 Å². The molecule has 0 radical (unpaired) electrons. The van der Waals surface area contributed by atoms with Gasteiger partial charge in [-0.2, -0.15) is 18.3 Å². The van der Waals surface area contributed by atoms with Crippen LogP contribution < -0.4 is 10.6 Å². The number of carbonyl (C=O) groups excluding carboxylic acids is 2. The molecule has 1 unspecified atom stereocenters. The van der Waals surface area contributed by atoms with Crippen molar-refractivity contribution in [1.29, 1.82) is 0 Å². The Hall–Kier alpha value is -2.92. The van der Waals surface area contributed by atoms with E-state index in [1.54, 1.807) is 6.07 Å². The van der Waals surface area contributed by atoms with Gasteiger partial charge in [-0.05, 0) is 31.3 Å². The average Bonchev–Trinajstić information content (AvgIpc) is 3.18. The number of H-pyrrole nitrogens is 1. The highest BCUT2D eigenvalue weighted by Crippen LogP contribution is 2.32. The Balaban J connectivity index is 1.78. The van der Waals surface area contributed by atoms with Gasteiger partial charge in [0, 0.05) is 30.5 Å².